The van der Waals surface area contributed by atoms with Gasteiger partial charge in [0.2, 0.25) is 6.86 Å². The summed E-state index contributed by atoms with van der Waals surface area (Å²) in [4.78, 5) is 0. The molecule has 2 aromatic heterocycles. The van der Waals surface area contributed by atoms with Gasteiger partial charge in [0.15, 0.2) is 11.4 Å². The Kier molecular flexibility index (Phi) is 2.79. The molecule has 0 unspecified atom stereocenters. The van der Waals surface area contributed by atoms with E-state index in [0.717, 1.165) is 5.56 Å². The van der Waals surface area contributed by atoms with Crippen molar-refractivity contribution in [2.75, 3.05) is 12.6 Å². The second-order valence-electron chi connectivity index (χ2n) is 3.99. The number of nitrogen functional groups attached to an aromatic ring is 1. The van der Waals surface area contributed by atoms with Crippen LogP contribution in [0.3, 0.4) is 0 Å². The largest absolute Gasteiger partial charge is 0.462 e. The van der Waals surface area contributed by atoms with E-state index in [-0.39, 0.29) is 5.82 Å². The molecule has 0 spiro atoms. The average molecular weight is 262 g/mol. The zero-order valence-corrected chi connectivity index (χ0v) is 9.91. The van der Waals surface area contributed by atoms with Crippen molar-refractivity contribution in [3.63, 3.8) is 0 Å². The summed E-state index contributed by atoms with van der Waals surface area (Å²) in [5.41, 5.74) is 6.99. The first-order valence-electron chi connectivity index (χ1n) is 5.62. The standard InChI is InChI=1S/C12H11FN4O2/c13-7-18-9-4-8(6-17-3-1-2-15-17)5-10-11(9)12(14)16-19-10/h1-5H,6-7H2,(H2,14,16). The Balaban J connectivity index is 2.06. The highest BCUT2D eigenvalue weighted by Gasteiger charge is 2.14. The number of halogens is 1. The molecule has 3 rings (SSSR count). The van der Waals surface area contributed by atoms with Crippen molar-refractivity contribution in [2.45, 2.75) is 6.54 Å². The molecule has 0 aliphatic carbocycles. The SMILES string of the molecule is Nc1noc2cc(Cn3cccn3)cc(OCF)c12. The normalized spacial score (nSPS) is 11.0. The Labute approximate surface area is 107 Å². The summed E-state index contributed by atoms with van der Waals surface area (Å²) in [5, 5.41) is 8.25. The molecule has 98 valence electrons. The first kappa shape index (κ1) is 11.5. The van der Waals surface area contributed by atoms with Gasteiger partial charge in [-0.1, -0.05) is 5.16 Å². The lowest BCUT2D eigenvalue weighted by molar-refractivity contribution is 0.194. The molecule has 19 heavy (non-hydrogen) atoms. The molecule has 0 radical (unpaired) electrons. The fraction of sp³-hybridized carbons (Fsp3) is 0.167. The highest BCUT2D eigenvalue weighted by Crippen LogP contribution is 2.32. The summed E-state index contributed by atoms with van der Waals surface area (Å²) in [6.45, 7) is -0.420. The maximum absolute atomic E-state index is 12.4. The molecule has 0 saturated heterocycles. The van der Waals surface area contributed by atoms with Crippen LogP contribution in [0.15, 0.2) is 35.1 Å². The van der Waals surface area contributed by atoms with Crippen LogP contribution in [0.2, 0.25) is 0 Å². The molecule has 0 amide bonds. The van der Waals surface area contributed by atoms with E-state index in [9.17, 15) is 4.39 Å². The van der Waals surface area contributed by atoms with E-state index in [1.807, 2.05) is 12.3 Å². The minimum absolute atomic E-state index is 0.184. The third-order valence-electron chi connectivity index (χ3n) is 2.74. The number of hydrogen-bond acceptors (Lipinski definition) is 5. The van der Waals surface area contributed by atoms with Crippen LogP contribution in [0.5, 0.6) is 5.75 Å². The first-order valence-corrected chi connectivity index (χ1v) is 5.62. The van der Waals surface area contributed by atoms with Crippen molar-refractivity contribution in [2.24, 2.45) is 0 Å². The number of nitrogens with zero attached hydrogens (tertiary/aromatic N) is 3. The molecule has 7 heteroatoms. The van der Waals surface area contributed by atoms with E-state index in [4.69, 9.17) is 15.0 Å². The number of ether oxygens (including phenoxy) is 1. The van der Waals surface area contributed by atoms with E-state index in [0.29, 0.717) is 23.3 Å². The molecular weight excluding hydrogens is 251 g/mol. The Bertz CT molecular complexity index is 693. The molecule has 0 aliphatic rings. The van der Waals surface area contributed by atoms with Gasteiger partial charge < -0.3 is 15.0 Å². The summed E-state index contributed by atoms with van der Waals surface area (Å²) >= 11 is 0. The Morgan fingerprint density at radius 2 is 2.32 bits per heavy atom. The summed E-state index contributed by atoms with van der Waals surface area (Å²) < 4.78 is 24.2. The Hall–Kier alpha value is -2.57. The van der Waals surface area contributed by atoms with Gasteiger partial charge in [0.05, 0.1) is 6.54 Å². The van der Waals surface area contributed by atoms with Crippen LogP contribution >= 0.6 is 0 Å². The number of hydrogen-bond donors (Lipinski definition) is 1. The van der Waals surface area contributed by atoms with E-state index in [1.54, 1.807) is 23.0 Å². The van der Waals surface area contributed by atoms with Crippen molar-refractivity contribution in [1.29, 1.82) is 0 Å². The van der Waals surface area contributed by atoms with Gasteiger partial charge in [-0.3, -0.25) is 4.68 Å². The molecule has 2 N–H and O–H groups in total. The minimum atomic E-state index is -0.940. The van der Waals surface area contributed by atoms with E-state index in [1.165, 1.54) is 0 Å². The number of aromatic nitrogens is 3. The molecule has 0 fully saturated rings. The monoisotopic (exact) mass is 262 g/mol. The van der Waals surface area contributed by atoms with Crippen molar-refractivity contribution in [3.05, 3.63) is 36.2 Å². The lowest BCUT2D eigenvalue weighted by atomic mass is 10.1. The average Bonchev–Trinajstić information content (AvgIpc) is 3.00. The number of alkyl halides is 1. The predicted octanol–water partition coefficient (Wildman–Crippen LogP) is 1.96. The van der Waals surface area contributed by atoms with E-state index >= 15 is 0 Å². The van der Waals surface area contributed by atoms with Crippen LogP contribution in [-0.4, -0.2) is 21.8 Å². The number of anilines is 1. The van der Waals surface area contributed by atoms with Gasteiger partial charge in [-0.25, -0.2) is 4.39 Å². The summed E-state index contributed by atoms with van der Waals surface area (Å²) in [7, 11) is 0. The highest BCUT2D eigenvalue weighted by molar-refractivity contribution is 5.93. The maximum atomic E-state index is 12.4. The van der Waals surface area contributed by atoms with Gasteiger partial charge in [-0.2, -0.15) is 5.10 Å². The third kappa shape index (κ3) is 2.10. The number of rotatable bonds is 4. The Morgan fingerprint density at radius 1 is 1.42 bits per heavy atom. The molecule has 6 nitrogen and oxygen atoms in total. The maximum Gasteiger partial charge on any atom is 0.228 e. The number of fused-ring (bicyclic) bond motifs is 1. The van der Waals surface area contributed by atoms with Gasteiger partial charge in [0.1, 0.15) is 11.1 Å². The van der Waals surface area contributed by atoms with Crippen LogP contribution in [0.25, 0.3) is 11.0 Å². The molecular formula is C12H11FN4O2. The number of benzene rings is 1. The van der Waals surface area contributed by atoms with Gasteiger partial charge >= 0.3 is 0 Å². The van der Waals surface area contributed by atoms with Gasteiger partial charge in [-0.15, -0.1) is 0 Å². The molecule has 1 aromatic carbocycles. The zero-order valence-electron chi connectivity index (χ0n) is 9.91. The van der Waals surface area contributed by atoms with Gasteiger partial charge in [-0.05, 0) is 23.8 Å². The minimum Gasteiger partial charge on any atom is -0.462 e. The fourth-order valence-electron chi connectivity index (χ4n) is 1.96. The second-order valence-corrected chi connectivity index (χ2v) is 3.99. The predicted molar refractivity (Wildman–Crippen MR) is 66.4 cm³/mol. The van der Waals surface area contributed by atoms with Crippen molar-refractivity contribution in [1.82, 2.24) is 14.9 Å². The van der Waals surface area contributed by atoms with Gasteiger partial charge in [0, 0.05) is 12.4 Å². The van der Waals surface area contributed by atoms with Crippen LogP contribution in [-0.2, 0) is 6.54 Å². The lowest BCUT2D eigenvalue weighted by Gasteiger charge is -2.07. The quantitative estimate of drug-likeness (QED) is 0.777. The Morgan fingerprint density at radius 3 is 3.05 bits per heavy atom. The molecule has 0 bridgehead atoms. The number of nitrogens with two attached hydrogens (primary N) is 1. The smallest absolute Gasteiger partial charge is 0.228 e. The molecule has 2 heterocycles. The van der Waals surface area contributed by atoms with Crippen LogP contribution in [0, 0.1) is 0 Å². The summed E-state index contributed by atoms with van der Waals surface area (Å²) in [6.07, 6.45) is 3.51. The summed E-state index contributed by atoms with van der Waals surface area (Å²) in [6, 6.07) is 5.31. The van der Waals surface area contributed by atoms with E-state index in [2.05, 4.69) is 10.3 Å². The van der Waals surface area contributed by atoms with E-state index < -0.39 is 6.86 Å². The van der Waals surface area contributed by atoms with Crippen molar-refractivity contribution < 1.29 is 13.7 Å². The summed E-state index contributed by atoms with van der Waals surface area (Å²) in [5.74, 6) is 0.505. The fourth-order valence-corrected chi connectivity index (χ4v) is 1.96. The lowest BCUT2D eigenvalue weighted by Crippen LogP contribution is -2.01. The second kappa shape index (κ2) is 4.60. The van der Waals surface area contributed by atoms with Crippen LogP contribution < -0.4 is 10.5 Å². The zero-order chi connectivity index (χ0) is 13.2. The van der Waals surface area contributed by atoms with Crippen molar-refractivity contribution >= 4 is 16.8 Å². The molecule has 0 atom stereocenters. The third-order valence-corrected chi connectivity index (χ3v) is 2.74. The molecule has 0 aliphatic heterocycles. The van der Waals surface area contributed by atoms with Crippen LogP contribution in [0.4, 0.5) is 10.2 Å². The topological polar surface area (TPSA) is 79.1 Å². The molecule has 3 aromatic rings. The van der Waals surface area contributed by atoms with Gasteiger partial charge in [0.25, 0.3) is 0 Å². The van der Waals surface area contributed by atoms with Crippen LogP contribution in [0.1, 0.15) is 5.56 Å². The molecule has 0 saturated carbocycles. The van der Waals surface area contributed by atoms with Crippen molar-refractivity contribution in [3.8, 4) is 5.75 Å². The first-order chi connectivity index (χ1) is 9.28. The highest BCUT2D eigenvalue weighted by atomic mass is 19.1.